The molecular formula is C26H27ClN2O8. The van der Waals surface area contributed by atoms with Crippen LogP contribution in [0.5, 0.6) is 17.2 Å². The van der Waals surface area contributed by atoms with Gasteiger partial charge in [0.1, 0.15) is 0 Å². The van der Waals surface area contributed by atoms with Crippen LogP contribution in [0.25, 0.3) is 0 Å². The zero-order valence-electron chi connectivity index (χ0n) is 21.1. The Morgan fingerprint density at radius 2 is 1.76 bits per heavy atom. The first-order chi connectivity index (χ1) is 17.6. The summed E-state index contributed by atoms with van der Waals surface area (Å²) in [7, 11) is 2.98. The molecule has 1 atom stereocenters. The Hall–Kier alpha value is -3.89. The van der Waals surface area contributed by atoms with Crippen molar-refractivity contribution in [2.75, 3.05) is 27.4 Å². The van der Waals surface area contributed by atoms with Crippen LogP contribution in [0.3, 0.4) is 0 Å². The van der Waals surface area contributed by atoms with Crippen LogP contribution in [0.4, 0.5) is 5.69 Å². The van der Waals surface area contributed by atoms with E-state index >= 15 is 0 Å². The molecule has 196 valence electrons. The fourth-order valence-corrected chi connectivity index (χ4v) is 4.23. The number of nitro groups is 1. The van der Waals surface area contributed by atoms with E-state index in [1.807, 2.05) is 25.3 Å². The summed E-state index contributed by atoms with van der Waals surface area (Å²) in [6, 6.07) is 9.98. The topological polar surface area (TPSA) is 119 Å². The quantitative estimate of drug-likeness (QED) is 0.134. The number of carbonyl (C=O) groups excluding carboxylic acids is 2. The highest BCUT2D eigenvalue weighted by Crippen LogP contribution is 2.38. The Morgan fingerprint density at radius 1 is 1.05 bits per heavy atom. The molecule has 11 heteroatoms. The average molecular weight is 531 g/mol. The van der Waals surface area contributed by atoms with Crippen molar-refractivity contribution in [3.63, 3.8) is 0 Å². The van der Waals surface area contributed by atoms with E-state index in [9.17, 15) is 19.7 Å². The largest absolute Gasteiger partial charge is 0.493 e. The highest BCUT2D eigenvalue weighted by Gasteiger charge is 2.22. The smallest absolute Gasteiger partial charge is 0.338 e. The molecule has 10 nitrogen and oxygen atoms in total. The number of methoxy groups -OCH3 is 2. The van der Waals surface area contributed by atoms with Crippen LogP contribution in [0, 0.1) is 24.0 Å². The molecule has 2 aromatic carbocycles. The maximum Gasteiger partial charge on any atom is 0.338 e. The molecule has 0 aliphatic heterocycles. The number of rotatable bonds is 11. The van der Waals surface area contributed by atoms with Gasteiger partial charge in [-0.15, -0.1) is 0 Å². The number of nitro benzene ring substituents is 1. The van der Waals surface area contributed by atoms with Gasteiger partial charge in [-0.2, -0.15) is 0 Å². The third-order valence-corrected chi connectivity index (χ3v) is 5.94. The molecule has 1 heterocycles. The summed E-state index contributed by atoms with van der Waals surface area (Å²) < 4.78 is 23.4. The van der Waals surface area contributed by atoms with Gasteiger partial charge < -0.3 is 23.5 Å². The van der Waals surface area contributed by atoms with Crippen LogP contribution in [-0.4, -0.2) is 48.7 Å². The molecule has 1 aromatic heterocycles. The number of hydrogen-bond acceptors (Lipinski definition) is 8. The Bertz CT molecular complexity index is 1330. The molecule has 0 amide bonds. The van der Waals surface area contributed by atoms with Crippen molar-refractivity contribution >= 4 is 29.0 Å². The van der Waals surface area contributed by atoms with Crippen molar-refractivity contribution in [2.45, 2.75) is 26.8 Å². The molecule has 3 aromatic rings. The van der Waals surface area contributed by atoms with Crippen molar-refractivity contribution < 1.29 is 33.5 Å². The molecule has 0 saturated carbocycles. The van der Waals surface area contributed by atoms with E-state index < -0.39 is 17.5 Å². The molecule has 37 heavy (non-hydrogen) atoms. The lowest BCUT2D eigenvalue weighted by atomic mass is 10.1. The molecule has 0 bridgehead atoms. The van der Waals surface area contributed by atoms with Crippen molar-refractivity contribution in [3.05, 3.63) is 80.1 Å². The lowest BCUT2D eigenvalue weighted by Gasteiger charge is -2.17. The van der Waals surface area contributed by atoms with Gasteiger partial charge >= 0.3 is 11.7 Å². The third kappa shape index (κ3) is 6.28. The number of aromatic nitrogens is 1. The summed E-state index contributed by atoms with van der Waals surface area (Å²) in [6.07, 6.45) is 0. The van der Waals surface area contributed by atoms with E-state index in [0.717, 1.165) is 11.4 Å². The third-order valence-electron chi connectivity index (χ3n) is 5.70. The summed E-state index contributed by atoms with van der Waals surface area (Å²) in [6.45, 7) is 5.77. The number of ether oxygens (including phenoxy) is 4. The molecule has 1 unspecified atom stereocenters. The number of aryl methyl sites for hydroxylation is 1. The number of Topliss-reactive ketones (excluding diaryl/α,β-unsaturated/α-hetero) is 1. The van der Waals surface area contributed by atoms with Gasteiger partial charge in [0.15, 0.2) is 18.1 Å². The van der Waals surface area contributed by atoms with Crippen molar-refractivity contribution in [3.8, 4) is 17.2 Å². The zero-order valence-corrected chi connectivity index (χ0v) is 21.8. The highest BCUT2D eigenvalue weighted by molar-refractivity contribution is 6.30. The second kappa shape index (κ2) is 11.9. The van der Waals surface area contributed by atoms with E-state index in [0.29, 0.717) is 12.2 Å². The molecule has 3 rings (SSSR count). The predicted octanol–water partition coefficient (Wildman–Crippen LogP) is 5.71. The Labute approximate surface area is 218 Å². The van der Waals surface area contributed by atoms with E-state index in [1.54, 1.807) is 13.2 Å². The van der Waals surface area contributed by atoms with Crippen LogP contribution in [0.2, 0.25) is 5.02 Å². The SMILES string of the molecule is COCC(C)n1c(C)cc(C(=O)COC(=O)c2ccc(Oc3ccc(Cl)cc3[N+](=O)[O-])c(OC)c2)c1C. The molecule has 0 radical (unpaired) electrons. The lowest BCUT2D eigenvalue weighted by Crippen LogP contribution is -2.17. The Kier molecular flexibility index (Phi) is 8.90. The van der Waals surface area contributed by atoms with Gasteiger partial charge in [0.2, 0.25) is 11.5 Å². The van der Waals surface area contributed by atoms with Gasteiger partial charge in [0.25, 0.3) is 0 Å². The molecule has 0 saturated heterocycles. The van der Waals surface area contributed by atoms with Gasteiger partial charge in [0.05, 0.1) is 30.2 Å². The molecule has 0 aliphatic rings. The van der Waals surface area contributed by atoms with Crippen LogP contribution in [0.15, 0.2) is 42.5 Å². The maximum absolute atomic E-state index is 12.8. The minimum Gasteiger partial charge on any atom is -0.493 e. The second-order valence-corrected chi connectivity index (χ2v) is 8.73. The van der Waals surface area contributed by atoms with E-state index in [-0.39, 0.29) is 45.3 Å². The molecule has 0 fully saturated rings. The van der Waals surface area contributed by atoms with Gasteiger partial charge in [-0.25, -0.2) is 4.79 Å². The van der Waals surface area contributed by atoms with Crippen molar-refractivity contribution in [1.29, 1.82) is 0 Å². The minimum absolute atomic E-state index is 0.0385. The number of carbonyl (C=O) groups is 2. The van der Waals surface area contributed by atoms with Crippen LogP contribution in [0.1, 0.15) is 45.1 Å². The summed E-state index contributed by atoms with van der Waals surface area (Å²) in [5.41, 5.74) is 1.93. The summed E-state index contributed by atoms with van der Waals surface area (Å²) in [4.78, 5) is 36.2. The first-order valence-corrected chi connectivity index (χ1v) is 11.6. The zero-order chi connectivity index (χ0) is 27.3. The normalized spacial score (nSPS) is 11.6. The fraction of sp³-hybridized carbons (Fsp3) is 0.308. The van der Waals surface area contributed by atoms with Gasteiger partial charge in [0, 0.05) is 35.2 Å². The van der Waals surface area contributed by atoms with Gasteiger partial charge in [-0.05, 0) is 57.2 Å². The van der Waals surface area contributed by atoms with E-state index in [2.05, 4.69) is 0 Å². The number of nitrogens with zero attached hydrogens (tertiary/aromatic N) is 2. The van der Waals surface area contributed by atoms with Crippen molar-refractivity contribution in [2.24, 2.45) is 0 Å². The fourth-order valence-electron chi connectivity index (χ4n) is 4.06. The minimum atomic E-state index is -0.739. The first kappa shape index (κ1) is 27.7. The van der Waals surface area contributed by atoms with Gasteiger partial charge in [-0.3, -0.25) is 14.9 Å². The van der Waals surface area contributed by atoms with Crippen LogP contribution < -0.4 is 9.47 Å². The number of hydrogen-bond donors (Lipinski definition) is 0. The predicted molar refractivity (Wildman–Crippen MR) is 136 cm³/mol. The first-order valence-electron chi connectivity index (χ1n) is 11.2. The van der Waals surface area contributed by atoms with E-state index in [1.165, 1.54) is 43.5 Å². The summed E-state index contributed by atoms with van der Waals surface area (Å²) >= 11 is 5.85. The standard InChI is InChI=1S/C26H27ClN2O8/c1-15-10-20(17(3)28(15)16(2)13-34-4)22(30)14-36-26(31)18-6-8-24(25(11-18)35-5)37-23-9-7-19(27)12-21(23)29(32)33/h6-12,16H,13-14H2,1-5H3. The number of halogens is 1. The molecular weight excluding hydrogens is 504 g/mol. The lowest BCUT2D eigenvalue weighted by molar-refractivity contribution is -0.385. The maximum atomic E-state index is 12.8. The molecule has 0 spiro atoms. The molecule has 0 aliphatic carbocycles. The highest BCUT2D eigenvalue weighted by atomic mass is 35.5. The van der Waals surface area contributed by atoms with Crippen molar-refractivity contribution in [1.82, 2.24) is 4.57 Å². The Morgan fingerprint density at radius 3 is 2.41 bits per heavy atom. The summed E-state index contributed by atoms with van der Waals surface area (Å²) in [5.74, 6) is -0.846. The number of ketones is 1. The number of esters is 1. The number of benzene rings is 2. The van der Waals surface area contributed by atoms with Gasteiger partial charge in [-0.1, -0.05) is 11.6 Å². The monoisotopic (exact) mass is 530 g/mol. The van der Waals surface area contributed by atoms with Crippen LogP contribution in [-0.2, 0) is 9.47 Å². The van der Waals surface area contributed by atoms with Crippen LogP contribution >= 0.6 is 11.6 Å². The second-order valence-electron chi connectivity index (χ2n) is 8.30. The summed E-state index contributed by atoms with van der Waals surface area (Å²) in [5, 5.41) is 11.5. The van der Waals surface area contributed by atoms with E-state index in [4.69, 9.17) is 30.5 Å². The average Bonchev–Trinajstić information content (AvgIpc) is 3.17. The Balaban J connectivity index is 1.73. The molecule has 0 N–H and O–H groups in total.